The molecule has 0 radical (unpaired) electrons. The summed E-state index contributed by atoms with van der Waals surface area (Å²) in [5.74, 6) is -0.280. The Morgan fingerprint density at radius 3 is 0.878 bits per heavy atom. The van der Waals surface area contributed by atoms with Crippen molar-refractivity contribution in [3.8, 4) is 0 Å². The fourth-order valence-electron chi connectivity index (χ4n) is 2.44. The molecule has 0 aromatic rings. The summed E-state index contributed by atoms with van der Waals surface area (Å²) in [7, 11) is 0. The quantitative estimate of drug-likeness (QED) is 0.134. The van der Waals surface area contributed by atoms with Gasteiger partial charge in [0.05, 0.1) is 13.1 Å². The zero-order valence-electron chi connectivity index (χ0n) is 26.5. The van der Waals surface area contributed by atoms with E-state index in [4.69, 9.17) is 18.9 Å². The molecule has 0 aromatic carbocycles. The number of aliphatic imine (C=N–C) groups is 2. The molecule has 0 rings (SSSR count). The maximum atomic E-state index is 12.2. The number of carbonyl (C=O) groups excluding carboxylic acids is 4. The van der Waals surface area contributed by atoms with Crippen LogP contribution in [0.15, 0.2) is 9.98 Å². The molecule has 0 aromatic heterocycles. The van der Waals surface area contributed by atoms with Crippen LogP contribution in [0, 0.1) is 0 Å². The first kappa shape index (κ1) is 37.4. The van der Waals surface area contributed by atoms with Gasteiger partial charge in [0.25, 0.3) is 0 Å². The second-order valence-corrected chi connectivity index (χ2v) is 12.7. The van der Waals surface area contributed by atoms with Gasteiger partial charge in [-0.05, 0) is 83.1 Å². The molecule has 0 heterocycles. The number of guanidine groups is 2. The van der Waals surface area contributed by atoms with Crippen LogP contribution in [0.2, 0.25) is 0 Å². The van der Waals surface area contributed by atoms with Crippen LogP contribution in [0.25, 0.3) is 0 Å². The second-order valence-electron chi connectivity index (χ2n) is 12.7. The molecule has 0 bridgehead atoms. The van der Waals surface area contributed by atoms with Crippen LogP contribution in [0.1, 0.15) is 83.1 Å². The minimum Gasteiger partial charge on any atom is -0.444 e. The highest BCUT2D eigenvalue weighted by Crippen LogP contribution is 2.09. The third-order valence-corrected chi connectivity index (χ3v) is 3.59. The van der Waals surface area contributed by atoms with E-state index in [1.54, 1.807) is 83.1 Å². The highest BCUT2D eigenvalue weighted by molar-refractivity contribution is 6.02. The molecule has 0 aliphatic rings. The molecule has 15 heteroatoms. The monoisotopic (exact) mass is 587 g/mol. The van der Waals surface area contributed by atoms with Crippen molar-refractivity contribution < 1.29 is 38.1 Å². The zero-order valence-corrected chi connectivity index (χ0v) is 26.5. The molecule has 0 aliphatic heterocycles. The van der Waals surface area contributed by atoms with Gasteiger partial charge in [0.1, 0.15) is 22.4 Å². The highest BCUT2D eigenvalue weighted by Gasteiger charge is 2.22. The van der Waals surface area contributed by atoms with Crippen molar-refractivity contribution in [2.24, 2.45) is 9.98 Å². The molecule has 0 unspecified atom stereocenters. The van der Waals surface area contributed by atoms with E-state index in [0.29, 0.717) is 13.1 Å². The molecule has 4 amide bonds. The minimum absolute atomic E-state index is 0.140. The van der Waals surface area contributed by atoms with Crippen molar-refractivity contribution in [1.82, 2.24) is 26.6 Å². The fourth-order valence-corrected chi connectivity index (χ4v) is 2.44. The zero-order chi connectivity index (χ0) is 32.1. The van der Waals surface area contributed by atoms with Crippen molar-refractivity contribution in [2.75, 3.05) is 26.2 Å². The summed E-state index contributed by atoms with van der Waals surface area (Å²) in [6, 6.07) is 0. The van der Waals surface area contributed by atoms with Gasteiger partial charge in [-0.25, -0.2) is 19.2 Å². The smallest absolute Gasteiger partial charge is 0.414 e. The highest BCUT2D eigenvalue weighted by atomic mass is 16.6. The molecule has 15 nitrogen and oxygen atoms in total. The van der Waals surface area contributed by atoms with E-state index in [0.717, 1.165) is 0 Å². The van der Waals surface area contributed by atoms with Gasteiger partial charge in [-0.2, -0.15) is 0 Å². The van der Waals surface area contributed by atoms with Gasteiger partial charge < -0.3 is 24.3 Å². The van der Waals surface area contributed by atoms with Crippen molar-refractivity contribution in [1.29, 1.82) is 0 Å². The molecule has 0 fully saturated rings. The van der Waals surface area contributed by atoms with Crippen LogP contribution < -0.4 is 26.6 Å². The number of nitrogens with one attached hydrogen (secondary N) is 5. The first-order valence-electron chi connectivity index (χ1n) is 13.2. The third kappa shape index (κ3) is 23.9. The Balaban J connectivity index is 5.15. The second kappa shape index (κ2) is 16.0. The number of hydrogen-bond acceptors (Lipinski definition) is 11. The number of hydrogen-bond donors (Lipinski definition) is 5. The first-order chi connectivity index (χ1) is 18.4. The molecule has 5 N–H and O–H groups in total. The Morgan fingerprint density at radius 1 is 0.463 bits per heavy atom. The molecule has 0 aliphatic carbocycles. The number of ether oxygens (including phenoxy) is 4. The summed E-state index contributed by atoms with van der Waals surface area (Å²) in [6.07, 6.45) is -3.18. The predicted octanol–water partition coefficient (Wildman–Crippen LogP) is 3.39. The van der Waals surface area contributed by atoms with Crippen LogP contribution in [0.5, 0.6) is 0 Å². The fraction of sp³-hybridized carbons (Fsp3) is 0.769. The maximum absolute atomic E-state index is 12.2. The largest absolute Gasteiger partial charge is 0.444 e. The van der Waals surface area contributed by atoms with Crippen LogP contribution in [-0.2, 0) is 18.9 Å². The molecule has 0 saturated heterocycles. The topological polar surface area (TPSA) is 190 Å². The van der Waals surface area contributed by atoms with E-state index in [2.05, 4.69) is 36.6 Å². The van der Waals surface area contributed by atoms with E-state index in [1.165, 1.54) is 0 Å². The van der Waals surface area contributed by atoms with Gasteiger partial charge in [-0.15, -0.1) is 0 Å². The Morgan fingerprint density at radius 2 is 0.683 bits per heavy atom. The van der Waals surface area contributed by atoms with E-state index in [9.17, 15) is 19.2 Å². The summed E-state index contributed by atoms with van der Waals surface area (Å²) >= 11 is 0. The van der Waals surface area contributed by atoms with Gasteiger partial charge in [0.2, 0.25) is 11.9 Å². The lowest BCUT2D eigenvalue weighted by Gasteiger charge is -2.22. The van der Waals surface area contributed by atoms with Gasteiger partial charge in [0, 0.05) is 13.1 Å². The molecular weight excluding hydrogens is 538 g/mol. The Kier molecular flexibility index (Phi) is 14.6. The number of nitrogens with zero attached hydrogens (tertiary/aromatic N) is 2. The van der Waals surface area contributed by atoms with Crippen LogP contribution in [0.4, 0.5) is 19.2 Å². The molecular formula is C26H49N7O8. The summed E-state index contributed by atoms with van der Waals surface area (Å²) < 4.78 is 20.8. The molecule has 0 saturated carbocycles. The average molecular weight is 588 g/mol. The van der Waals surface area contributed by atoms with Crippen LogP contribution in [-0.4, -0.2) is 84.9 Å². The maximum Gasteiger partial charge on any atom is 0.414 e. The summed E-state index contributed by atoms with van der Waals surface area (Å²) in [5.41, 5.74) is -3.01. The Bertz CT molecular complexity index is 813. The number of rotatable bonds is 6. The van der Waals surface area contributed by atoms with Crippen molar-refractivity contribution in [3.05, 3.63) is 0 Å². The Labute approximate surface area is 243 Å². The van der Waals surface area contributed by atoms with E-state index in [1.807, 2.05) is 0 Å². The number of carbonyl (C=O) groups is 4. The number of alkyl carbamates (subject to hydrolysis) is 4. The normalized spacial score (nSPS) is 11.8. The third-order valence-electron chi connectivity index (χ3n) is 3.59. The standard InChI is InChI=1S/C26H49N7O8/c1-23(2,3)38-19(34)30-17(31-20(35)39-24(4,5)6)28-15-13-27-14-16-29-18(32-21(36)40-25(7,8)9)33-22(37)41-26(10,11)12/h27H,13-16H2,1-12H3,(H2,28,30,31,34,35)(H2,29,32,33,36,37). The molecule has 0 spiro atoms. The average Bonchev–Trinajstić information content (AvgIpc) is 2.66. The van der Waals surface area contributed by atoms with Gasteiger partial charge in [0.15, 0.2) is 0 Å². The summed E-state index contributed by atoms with van der Waals surface area (Å²) in [5, 5.41) is 12.7. The van der Waals surface area contributed by atoms with Crippen LogP contribution in [0.3, 0.4) is 0 Å². The molecule has 41 heavy (non-hydrogen) atoms. The molecule has 0 atom stereocenters. The minimum atomic E-state index is -0.794. The van der Waals surface area contributed by atoms with Gasteiger partial charge >= 0.3 is 24.4 Å². The lowest BCUT2D eigenvalue weighted by Crippen LogP contribution is -2.47. The predicted molar refractivity (Wildman–Crippen MR) is 155 cm³/mol. The lowest BCUT2D eigenvalue weighted by molar-refractivity contribution is 0.0521. The molecule has 236 valence electrons. The summed E-state index contributed by atoms with van der Waals surface area (Å²) in [4.78, 5) is 57.0. The van der Waals surface area contributed by atoms with E-state index in [-0.39, 0.29) is 25.0 Å². The van der Waals surface area contributed by atoms with Gasteiger partial charge in [-0.3, -0.25) is 31.3 Å². The van der Waals surface area contributed by atoms with Gasteiger partial charge in [-0.1, -0.05) is 0 Å². The van der Waals surface area contributed by atoms with Crippen LogP contribution >= 0.6 is 0 Å². The van der Waals surface area contributed by atoms with Crippen molar-refractivity contribution >= 4 is 36.3 Å². The summed E-state index contributed by atoms with van der Waals surface area (Å²) in [6.45, 7) is 21.4. The first-order valence-corrected chi connectivity index (χ1v) is 13.2. The van der Waals surface area contributed by atoms with E-state index < -0.39 is 46.8 Å². The van der Waals surface area contributed by atoms with Crippen molar-refractivity contribution in [3.63, 3.8) is 0 Å². The lowest BCUT2D eigenvalue weighted by atomic mass is 10.2. The SMILES string of the molecule is CC(C)(C)OC(=O)NC(=NCCNCCN=C(NC(=O)OC(C)(C)C)NC(=O)OC(C)(C)C)NC(=O)OC(C)(C)C. The number of amides is 4. The Hall–Kier alpha value is -3.62. The van der Waals surface area contributed by atoms with E-state index >= 15 is 0 Å². The van der Waals surface area contributed by atoms with Crippen molar-refractivity contribution in [2.45, 2.75) is 105 Å².